The second-order valence-corrected chi connectivity index (χ2v) is 6.51. The molecule has 0 unspecified atom stereocenters. The van der Waals surface area contributed by atoms with Crippen LogP contribution in [0.5, 0.6) is 0 Å². The fourth-order valence-corrected chi connectivity index (χ4v) is 2.46. The van der Waals surface area contributed by atoms with Gasteiger partial charge in [-0.25, -0.2) is 17.9 Å². The zero-order chi connectivity index (χ0) is 15.2. The first-order chi connectivity index (χ1) is 9.31. The Morgan fingerprint density at radius 1 is 1.20 bits per heavy atom. The number of sulfonamides is 1. The normalized spacial score (nSPS) is 11.4. The number of rotatable bonds is 6. The van der Waals surface area contributed by atoms with E-state index in [4.69, 9.17) is 0 Å². The zero-order valence-corrected chi connectivity index (χ0v) is 12.8. The molecule has 0 aliphatic carbocycles. The first kappa shape index (κ1) is 16.5. The smallest absolute Gasteiger partial charge is 0.328 e. The third-order valence-electron chi connectivity index (χ3n) is 2.63. The molecule has 0 saturated carbocycles. The Kier molecular flexibility index (Phi) is 5.97. The number of urea groups is 1. The van der Waals surface area contributed by atoms with Crippen LogP contribution in [0.3, 0.4) is 0 Å². The van der Waals surface area contributed by atoms with Crippen LogP contribution in [0.2, 0.25) is 0 Å². The molecular weight excluding hydrogens is 278 g/mol. The Balaban J connectivity index is 2.50. The minimum Gasteiger partial charge on any atom is -0.337 e. The monoisotopic (exact) mass is 299 g/mol. The van der Waals surface area contributed by atoms with Crippen LogP contribution in [0.1, 0.15) is 12.0 Å². The van der Waals surface area contributed by atoms with E-state index >= 15 is 0 Å². The lowest BCUT2D eigenvalue weighted by Crippen LogP contribution is -2.40. The van der Waals surface area contributed by atoms with Gasteiger partial charge in [-0.2, -0.15) is 0 Å². The molecule has 0 radical (unpaired) electrons. The molecule has 7 heteroatoms. The summed E-state index contributed by atoms with van der Waals surface area (Å²) < 4.78 is 25.8. The predicted molar refractivity (Wildman–Crippen MR) is 78.1 cm³/mol. The molecule has 0 heterocycles. The van der Waals surface area contributed by atoms with E-state index in [9.17, 15) is 13.2 Å². The van der Waals surface area contributed by atoms with Crippen molar-refractivity contribution in [3.05, 3.63) is 29.8 Å². The van der Waals surface area contributed by atoms with E-state index in [0.29, 0.717) is 6.54 Å². The van der Waals surface area contributed by atoms with Gasteiger partial charge in [0.25, 0.3) is 10.0 Å². The van der Waals surface area contributed by atoms with Crippen LogP contribution < -0.4 is 10.0 Å². The van der Waals surface area contributed by atoms with E-state index < -0.39 is 16.1 Å². The van der Waals surface area contributed by atoms with Gasteiger partial charge >= 0.3 is 6.03 Å². The highest BCUT2D eigenvalue weighted by atomic mass is 32.2. The summed E-state index contributed by atoms with van der Waals surface area (Å²) in [6, 6.07) is 5.60. The summed E-state index contributed by atoms with van der Waals surface area (Å²) in [6.07, 6.45) is 0.755. The van der Waals surface area contributed by atoms with Crippen molar-refractivity contribution in [3.8, 4) is 0 Å². The average Bonchev–Trinajstić information content (AvgIpc) is 2.34. The Labute approximate surface area is 120 Å². The Hall–Kier alpha value is -1.60. The van der Waals surface area contributed by atoms with Gasteiger partial charge in [0, 0.05) is 6.54 Å². The number of carbonyl (C=O) groups is 1. The summed E-state index contributed by atoms with van der Waals surface area (Å²) in [7, 11) is 0.0627. The second kappa shape index (κ2) is 7.25. The molecule has 0 atom stereocenters. The first-order valence-corrected chi connectivity index (χ1v) is 7.81. The van der Waals surface area contributed by atoms with Crippen molar-refractivity contribution in [1.82, 2.24) is 14.9 Å². The summed E-state index contributed by atoms with van der Waals surface area (Å²) in [5, 5.41) is 2.52. The number of hydrogen-bond acceptors (Lipinski definition) is 4. The third-order valence-corrected chi connectivity index (χ3v) is 3.97. The number of amides is 2. The summed E-state index contributed by atoms with van der Waals surface area (Å²) >= 11 is 0. The first-order valence-electron chi connectivity index (χ1n) is 6.33. The van der Waals surface area contributed by atoms with E-state index in [1.165, 1.54) is 12.1 Å². The Bertz CT molecular complexity index is 538. The van der Waals surface area contributed by atoms with E-state index in [2.05, 4.69) is 5.32 Å². The van der Waals surface area contributed by atoms with E-state index in [1.54, 1.807) is 12.1 Å². The van der Waals surface area contributed by atoms with Crippen molar-refractivity contribution in [2.24, 2.45) is 0 Å². The van der Waals surface area contributed by atoms with Crippen molar-refractivity contribution in [1.29, 1.82) is 0 Å². The molecule has 1 rings (SSSR count). The van der Waals surface area contributed by atoms with Gasteiger partial charge in [0.15, 0.2) is 0 Å². The minimum absolute atomic E-state index is 0.0755. The summed E-state index contributed by atoms with van der Waals surface area (Å²) in [5.74, 6) is 0. The fourth-order valence-electron chi connectivity index (χ4n) is 1.53. The van der Waals surface area contributed by atoms with Gasteiger partial charge in [-0.1, -0.05) is 17.7 Å². The number of nitrogens with zero attached hydrogens (tertiary/aromatic N) is 1. The molecule has 0 aliphatic heterocycles. The Morgan fingerprint density at radius 2 is 1.80 bits per heavy atom. The van der Waals surface area contributed by atoms with E-state index in [1.807, 2.05) is 30.6 Å². The molecule has 1 aromatic carbocycles. The molecule has 2 N–H and O–H groups in total. The minimum atomic E-state index is -3.80. The van der Waals surface area contributed by atoms with Crippen molar-refractivity contribution in [2.75, 3.05) is 27.2 Å². The summed E-state index contributed by atoms with van der Waals surface area (Å²) in [5.41, 5.74) is 0.956. The molecule has 20 heavy (non-hydrogen) atoms. The number of carbonyl (C=O) groups excluding carboxylic acids is 1. The molecule has 0 bridgehead atoms. The lowest BCUT2D eigenvalue weighted by molar-refractivity contribution is 0.245. The van der Waals surface area contributed by atoms with Crippen LogP contribution in [-0.2, 0) is 10.0 Å². The maximum absolute atomic E-state index is 11.9. The van der Waals surface area contributed by atoms with E-state index in [0.717, 1.165) is 18.5 Å². The number of hydrogen-bond donors (Lipinski definition) is 2. The third kappa shape index (κ3) is 5.58. The standard InChI is InChI=1S/C13H21N3O3S/c1-11-5-7-12(8-6-11)20(18,19)15-13(17)14-9-4-10-16(2)3/h5-8H,4,9-10H2,1-3H3,(H2,14,15,17). The van der Waals surface area contributed by atoms with Gasteiger partial charge in [0.2, 0.25) is 0 Å². The number of nitrogens with one attached hydrogen (secondary N) is 2. The van der Waals surface area contributed by atoms with Crippen LogP contribution in [0.25, 0.3) is 0 Å². The van der Waals surface area contributed by atoms with Crippen LogP contribution >= 0.6 is 0 Å². The van der Waals surface area contributed by atoms with Crippen molar-refractivity contribution >= 4 is 16.1 Å². The van der Waals surface area contributed by atoms with Gasteiger partial charge in [-0.15, -0.1) is 0 Å². The largest absolute Gasteiger partial charge is 0.337 e. The zero-order valence-electron chi connectivity index (χ0n) is 12.0. The van der Waals surface area contributed by atoms with Gasteiger partial charge in [0.1, 0.15) is 0 Å². The molecule has 0 saturated heterocycles. The lowest BCUT2D eigenvalue weighted by Gasteiger charge is -2.11. The number of aryl methyl sites for hydroxylation is 1. The lowest BCUT2D eigenvalue weighted by atomic mass is 10.2. The van der Waals surface area contributed by atoms with E-state index in [-0.39, 0.29) is 4.90 Å². The molecule has 2 amide bonds. The molecule has 112 valence electrons. The molecule has 0 fully saturated rings. The molecule has 6 nitrogen and oxygen atoms in total. The maximum atomic E-state index is 11.9. The highest BCUT2D eigenvalue weighted by Gasteiger charge is 2.16. The van der Waals surface area contributed by atoms with Crippen molar-refractivity contribution in [2.45, 2.75) is 18.2 Å². The molecule has 1 aromatic rings. The van der Waals surface area contributed by atoms with Crippen LogP contribution in [0, 0.1) is 6.92 Å². The predicted octanol–water partition coefficient (Wildman–Crippen LogP) is 0.935. The number of benzene rings is 1. The SMILES string of the molecule is Cc1ccc(S(=O)(=O)NC(=O)NCCCN(C)C)cc1. The summed E-state index contributed by atoms with van der Waals surface area (Å²) in [4.78, 5) is 13.6. The fraction of sp³-hybridized carbons (Fsp3) is 0.462. The molecule has 0 aliphatic rings. The van der Waals surface area contributed by atoms with Gasteiger partial charge < -0.3 is 10.2 Å². The van der Waals surface area contributed by atoms with Crippen LogP contribution in [-0.4, -0.2) is 46.5 Å². The topological polar surface area (TPSA) is 78.5 Å². The molecule has 0 aromatic heterocycles. The van der Waals surface area contributed by atoms with Gasteiger partial charge in [-0.3, -0.25) is 0 Å². The van der Waals surface area contributed by atoms with Crippen molar-refractivity contribution < 1.29 is 13.2 Å². The highest BCUT2D eigenvalue weighted by Crippen LogP contribution is 2.09. The maximum Gasteiger partial charge on any atom is 0.328 e. The molecular formula is C13H21N3O3S. The van der Waals surface area contributed by atoms with Gasteiger partial charge in [-0.05, 0) is 46.1 Å². The van der Waals surface area contributed by atoms with Crippen LogP contribution in [0.4, 0.5) is 4.79 Å². The summed E-state index contributed by atoms with van der Waals surface area (Å²) in [6.45, 7) is 3.11. The average molecular weight is 299 g/mol. The highest BCUT2D eigenvalue weighted by molar-refractivity contribution is 7.90. The van der Waals surface area contributed by atoms with Crippen LogP contribution in [0.15, 0.2) is 29.2 Å². The molecule has 0 spiro atoms. The van der Waals surface area contributed by atoms with Crippen molar-refractivity contribution in [3.63, 3.8) is 0 Å². The Morgan fingerprint density at radius 3 is 2.35 bits per heavy atom. The second-order valence-electron chi connectivity index (χ2n) is 4.83. The van der Waals surface area contributed by atoms with Gasteiger partial charge in [0.05, 0.1) is 4.90 Å². The quantitative estimate of drug-likeness (QED) is 0.766.